The van der Waals surface area contributed by atoms with Gasteiger partial charge in [0.15, 0.2) is 0 Å². The summed E-state index contributed by atoms with van der Waals surface area (Å²) in [4.78, 5) is 5.41. The minimum absolute atomic E-state index is 0.198. The second kappa shape index (κ2) is 5.53. The Hall–Kier alpha value is -0.770. The van der Waals surface area contributed by atoms with Gasteiger partial charge in [-0.3, -0.25) is 4.84 Å². The van der Waals surface area contributed by atoms with Crippen molar-refractivity contribution in [2.75, 3.05) is 7.11 Å². The normalized spacial score (nSPS) is 11.6. The number of hydrogen-bond donors (Lipinski definition) is 1. The number of hydrogen-bond acceptors (Lipinski definition) is 3. The first-order valence-electron chi connectivity index (χ1n) is 5.15. The van der Waals surface area contributed by atoms with Crippen LogP contribution in [-0.2, 0) is 11.4 Å². The summed E-state index contributed by atoms with van der Waals surface area (Å²) in [6, 6.07) is 5.65. The largest absolute Gasteiger partial charge is 0.495 e. The molecule has 0 fully saturated rings. The van der Waals surface area contributed by atoms with E-state index in [0.717, 1.165) is 5.56 Å². The van der Waals surface area contributed by atoms with Crippen LogP contribution in [0.4, 0.5) is 0 Å². The van der Waals surface area contributed by atoms with Crippen LogP contribution in [0.1, 0.15) is 26.3 Å². The zero-order valence-electron chi connectivity index (χ0n) is 10.1. The second-order valence-corrected chi connectivity index (χ2v) is 4.91. The van der Waals surface area contributed by atoms with Gasteiger partial charge in [-0.15, -0.1) is 0 Å². The Bertz CT molecular complexity index is 347. The number of methoxy groups -OCH3 is 1. The van der Waals surface area contributed by atoms with Crippen molar-refractivity contribution in [1.82, 2.24) is 5.48 Å². The van der Waals surface area contributed by atoms with Crippen molar-refractivity contribution in [3.8, 4) is 5.75 Å². The van der Waals surface area contributed by atoms with E-state index in [-0.39, 0.29) is 5.60 Å². The molecule has 0 saturated heterocycles. The molecule has 0 amide bonds. The maximum atomic E-state index is 6.00. The van der Waals surface area contributed by atoms with Crippen molar-refractivity contribution in [3.05, 3.63) is 28.8 Å². The van der Waals surface area contributed by atoms with Gasteiger partial charge < -0.3 is 4.74 Å². The van der Waals surface area contributed by atoms with Gasteiger partial charge in [0.25, 0.3) is 0 Å². The average Bonchev–Trinajstić information content (AvgIpc) is 2.16. The molecule has 0 aliphatic heterocycles. The molecule has 0 aliphatic rings. The van der Waals surface area contributed by atoms with Gasteiger partial charge in [0.1, 0.15) is 5.75 Å². The van der Waals surface area contributed by atoms with Crippen molar-refractivity contribution in [2.24, 2.45) is 0 Å². The highest BCUT2D eigenvalue weighted by molar-refractivity contribution is 6.32. The maximum absolute atomic E-state index is 6.00. The van der Waals surface area contributed by atoms with Crippen LogP contribution in [0.3, 0.4) is 0 Å². The van der Waals surface area contributed by atoms with E-state index in [1.165, 1.54) is 0 Å². The van der Waals surface area contributed by atoms with Gasteiger partial charge in [-0.05, 0) is 38.5 Å². The molecule has 1 rings (SSSR count). The summed E-state index contributed by atoms with van der Waals surface area (Å²) in [5.41, 5.74) is 3.76. The van der Waals surface area contributed by atoms with E-state index in [1.54, 1.807) is 7.11 Å². The van der Waals surface area contributed by atoms with Crippen LogP contribution in [0.5, 0.6) is 5.75 Å². The van der Waals surface area contributed by atoms with Crippen LogP contribution in [0.25, 0.3) is 0 Å². The molecule has 1 aromatic rings. The summed E-state index contributed by atoms with van der Waals surface area (Å²) < 4.78 is 5.08. The average molecular weight is 244 g/mol. The first-order valence-corrected chi connectivity index (χ1v) is 5.53. The summed E-state index contributed by atoms with van der Waals surface area (Å²) in [7, 11) is 1.60. The number of ether oxygens (including phenoxy) is 1. The Balaban J connectivity index is 2.52. The predicted octanol–water partition coefficient (Wildman–Crippen LogP) is 3.17. The standard InChI is InChI=1S/C12H18ClNO2/c1-12(2,3)16-14-8-9-5-6-11(15-4)10(13)7-9/h5-7,14H,8H2,1-4H3. The molecule has 0 unspecified atom stereocenters. The zero-order valence-corrected chi connectivity index (χ0v) is 10.9. The number of rotatable bonds is 4. The molecule has 0 saturated carbocycles. The molecule has 0 radical (unpaired) electrons. The van der Waals surface area contributed by atoms with Crippen molar-refractivity contribution < 1.29 is 9.57 Å². The summed E-state index contributed by atoms with van der Waals surface area (Å²) >= 11 is 6.00. The maximum Gasteiger partial charge on any atom is 0.137 e. The van der Waals surface area contributed by atoms with Gasteiger partial charge >= 0.3 is 0 Å². The number of hydroxylamine groups is 1. The van der Waals surface area contributed by atoms with Crippen LogP contribution in [0.15, 0.2) is 18.2 Å². The summed E-state index contributed by atoms with van der Waals surface area (Å²) in [6.07, 6.45) is 0. The van der Waals surface area contributed by atoms with E-state index >= 15 is 0 Å². The highest BCUT2D eigenvalue weighted by Crippen LogP contribution is 2.24. The SMILES string of the molecule is COc1ccc(CNOC(C)(C)C)cc1Cl. The lowest BCUT2D eigenvalue weighted by Crippen LogP contribution is -2.28. The third-order valence-electron chi connectivity index (χ3n) is 1.87. The quantitative estimate of drug-likeness (QED) is 0.824. The predicted molar refractivity (Wildman–Crippen MR) is 65.7 cm³/mol. The lowest BCUT2D eigenvalue weighted by atomic mass is 10.2. The zero-order chi connectivity index (χ0) is 12.2. The molecule has 0 heterocycles. The van der Waals surface area contributed by atoms with Crippen LogP contribution in [0.2, 0.25) is 5.02 Å². The smallest absolute Gasteiger partial charge is 0.137 e. The van der Waals surface area contributed by atoms with Crippen molar-refractivity contribution in [2.45, 2.75) is 32.9 Å². The fraction of sp³-hybridized carbons (Fsp3) is 0.500. The fourth-order valence-electron chi connectivity index (χ4n) is 1.16. The second-order valence-electron chi connectivity index (χ2n) is 4.50. The van der Waals surface area contributed by atoms with E-state index in [1.807, 2.05) is 39.0 Å². The van der Waals surface area contributed by atoms with E-state index in [9.17, 15) is 0 Å². The molecule has 0 aromatic heterocycles. The molecule has 1 aromatic carbocycles. The van der Waals surface area contributed by atoms with E-state index in [0.29, 0.717) is 17.3 Å². The Morgan fingerprint density at radius 2 is 2.00 bits per heavy atom. The Morgan fingerprint density at radius 1 is 1.31 bits per heavy atom. The highest BCUT2D eigenvalue weighted by atomic mass is 35.5. The Morgan fingerprint density at radius 3 is 2.50 bits per heavy atom. The molecule has 0 spiro atoms. The van der Waals surface area contributed by atoms with Crippen LogP contribution in [-0.4, -0.2) is 12.7 Å². The molecular weight excluding hydrogens is 226 g/mol. The van der Waals surface area contributed by atoms with Gasteiger partial charge in [-0.1, -0.05) is 17.7 Å². The minimum atomic E-state index is -0.198. The summed E-state index contributed by atoms with van der Waals surface area (Å²) in [6.45, 7) is 6.57. The van der Waals surface area contributed by atoms with Crippen LogP contribution < -0.4 is 10.2 Å². The molecule has 4 heteroatoms. The van der Waals surface area contributed by atoms with Gasteiger partial charge in [-0.2, -0.15) is 5.48 Å². The summed E-state index contributed by atoms with van der Waals surface area (Å²) in [5.74, 6) is 0.683. The van der Waals surface area contributed by atoms with E-state index in [4.69, 9.17) is 21.2 Å². The monoisotopic (exact) mass is 243 g/mol. The van der Waals surface area contributed by atoms with Crippen molar-refractivity contribution in [1.29, 1.82) is 0 Å². The number of nitrogens with one attached hydrogen (secondary N) is 1. The van der Waals surface area contributed by atoms with Gasteiger partial charge in [-0.25, -0.2) is 0 Å². The van der Waals surface area contributed by atoms with Gasteiger partial charge in [0, 0.05) is 6.54 Å². The molecule has 90 valence electrons. The van der Waals surface area contributed by atoms with Gasteiger partial charge in [0.2, 0.25) is 0 Å². The molecular formula is C12H18ClNO2. The molecule has 3 nitrogen and oxygen atoms in total. The molecule has 1 N–H and O–H groups in total. The Kier molecular flexibility index (Phi) is 4.59. The minimum Gasteiger partial charge on any atom is -0.495 e. The van der Waals surface area contributed by atoms with Gasteiger partial charge in [0.05, 0.1) is 17.7 Å². The molecule has 0 bridgehead atoms. The first kappa shape index (κ1) is 13.3. The summed E-state index contributed by atoms with van der Waals surface area (Å²) in [5, 5.41) is 0.609. The lowest BCUT2D eigenvalue weighted by Gasteiger charge is -2.19. The van der Waals surface area contributed by atoms with Crippen LogP contribution >= 0.6 is 11.6 Å². The van der Waals surface area contributed by atoms with Crippen LogP contribution in [0, 0.1) is 0 Å². The Labute approximate surface area is 102 Å². The number of halogens is 1. The van der Waals surface area contributed by atoms with E-state index < -0.39 is 0 Å². The third-order valence-corrected chi connectivity index (χ3v) is 2.17. The highest BCUT2D eigenvalue weighted by Gasteiger charge is 2.10. The fourth-order valence-corrected chi connectivity index (χ4v) is 1.44. The first-order chi connectivity index (χ1) is 7.42. The van der Waals surface area contributed by atoms with Crippen molar-refractivity contribution >= 4 is 11.6 Å². The third kappa shape index (κ3) is 4.39. The van der Waals surface area contributed by atoms with Crippen molar-refractivity contribution in [3.63, 3.8) is 0 Å². The topological polar surface area (TPSA) is 30.5 Å². The lowest BCUT2D eigenvalue weighted by molar-refractivity contribution is -0.0757. The molecule has 0 atom stereocenters. The van der Waals surface area contributed by atoms with E-state index in [2.05, 4.69) is 5.48 Å². The molecule has 16 heavy (non-hydrogen) atoms. The molecule has 0 aliphatic carbocycles. The number of benzene rings is 1.